The van der Waals surface area contributed by atoms with Gasteiger partial charge in [-0.2, -0.15) is 5.26 Å². The van der Waals surface area contributed by atoms with Gasteiger partial charge in [-0.3, -0.25) is 0 Å². The van der Waals surface area contributed by atoms with Gasteiger partial charge < -0.3 is 10.1 Å². The molecule has 0 aromatic heterocycles. The van der Waals surface area contributed by atoms with Crippen LogP contribution in [-0.4, -0.2) is 6.09 Å². The molecular formula is C19H20N2O2. The molecule has 4 heteroatoms. The predicted octanol–water partition coefficient (Wildman–Crippen LogP) is 4.35. The van der Waals surface area contributed by atoms with E-state index in [-0.39, 0.29) is 12.6 Å². The Labute approximate surface area is 136 Å². The average molecular weight is 308 g/mol. The molecule has 0 aliphatic carbocycles. The second kappa shape index (κ2) is 9.26. The maximum Gasteiger partial charge on any atom is 0.407 e. The quantitative estimate of drug-likeness (QED) is 0.774. The predicted molar refractivity (Wildman–Crippen MR) is 88.4 cm³/mol. The number of unbranched alkanes of at least 4 members (excludes halogenated alkanes) is 1. The summed E-state index contributed by atoms with van der Waals surface area (Å²) in [7, 11) is 0. The molecule has 2 rings (SSSR count). The van der Waals surface area contributed by atoms with Gasteiger partial charge in [0.1, 0.15) is 6.61 Å². The molecule has 0 saturated heterocycles. The van der Waals surface area contributed by atoms with Gasteiger partial charge in [0.15, 0.2) is 0 Å². The van der Waals surface area contributed by atoms with Crippen LogP contribution >= 0.6 is 0 Å². The smallest absolute Gasteiger partial charge is 0.407 e. The highest BCUT2D eigenvalue weighted by Crippen LogP contribution is 2.19. The molecule has 2 aromatic rings. The van der Waals surface area contributed by atoms with E-state index in [0.29, 0.717) is 12.8 Å². The van der Waals surface area contributed by atoms with Crippen LogP contribution in [-0.2, 0) is 11.3 Å². The molecular weight excluding hydrogens is 288 g/mol. The Morgan fingerprint density at radius 1 is 1.09 bits per heavy atom. The van der Waals surface area contributed by atoms with Gasteiger partial charge >= 0.3 is 6.09 Å². The first-order valence-electron chi connectivity index (χ1n) is 7.68. The van der Waals surface area contributed by atoms with Gasteiger partial charge in [-0.15, -0.1) is 0 Å². The number of hydrogen-bond donors (Lipinski definition) is 1. The van der Waals surface area contributed by atoms with Crippen molar-refractivity contribution in [1.29, 1.82) is 5.26 Å². The van der Waals surface area contributed by atoms with Crippen molar-refractivity contribution >= 4 is 6.09 Å². The van der Waals surface area contributed by atoms with Crippen molar-refractivity contribution < 1.29 is 9.53 Å². The summed E-state index contributed by atoms with van der Waals surface area (Å²) in [4.78, 5) is 12.0. The highest BCUT2D eigenvalue weighted by atomic mass is 16.5. The number of benzene rings is 2. The molecule has 1 amide bonds. The molecule has 1 atom stereocenters. The highest BCUT2D eigenvalue weighted by Gasteiger charge is 2.15. The van der Waals surface area contributed by atoms with Crippen LogP contribution in [0.3, 0.4) is 0 Å². The summed E-state index contributed by atoms with van der Waals surface area (Å²) < 4.78 is 5.27. The fourth-order valence-corrected chi connectivity index (χ4v) is 2.30. The number of hydrogen-bond acceptors (Lipinski definition) is 3. The van der Waals surface area contributed by atoms with Crippen molar-refractivity contribution in [1.82, 2.24) is 5.32 Å². The first-order valence-corrected chi connectivity index (χ1v) is 7.68. The van der Waals surface area contributed by atoms with E-state index in [0.717, 1.165) is 17.5 Å². The van der Waals surface area contributed by atoms with Gasteiger partial charge in [-0.25, -0.2) is 4.79 Å². The number of rotatable bonds is 7. The second-order valence-corrected chi connectivity index (χ2v) is 5.22. The van der Waals surface area contributed by atoms with E-state index in [1.54, 1.807) is 0 Å². The molecule has 0 aliphatic rings. The van der Waals surface area contributed by atoms with Gasteiger partial charge in [0, 0.05) is 6.42 Å². The third-order valence-electron chi connectivity index (χ3n) is 3.49. The summed E-state index contributed by atoms with van der Waals surface area (Å²) in [5.74, 6) is 0. The number of carbonyl (C=O) groups excluding carboxylic acids is 1. The molecule has 1 unspecified atom stereocenters. The number of carbonyl (C=O) groups is 1. The van der Waals surface area contributed by atoms with Crippen LogP contribution in [0.25, 0.3) is 0 Å². The third-order valence-corrected chi connectivity index (χ3v) is 3.49. The molecule has 0 radical (unpaired) electrons. The molecule has 0 aliphatic heterocycles. The van der Waals surface area contributed by atoms with Crippen LogP contribution in [0.5, 0.6) is 0 Å². The fraction of sp³-hybridized carbons (Fsp3) is 0.263. The minimum absolute atomic E-state index is 0.146. The maximum atomic E-state index is 12.0. The van der Waals surface area contributed by atoms with E-state index < -0.39 is 6.09 Å². The lowest BCUT2D eigenvalue weighted by molar-refractivity contribution is 0.135. The van der Waals surface area contributed by atoms with Crippen molar-refractivity contribution in [2.24, 2.45) is 0 Å². The lowest BCUT2D eigenvalue weighted by Gasteiger charge is -2.18. The SMILES string of the molecule is N#CCCCC(NC(=O)OCc1ccccc1)c1ccccc1. The molecule has 0 fully saturated rings. The Hall–Kier alpha value is -2.80. The number of alkyl carbamates (subject to hydrolysis) is 1. The van der Waals surface area contributed by atoms with Crippen molar-refractivity contribution in [3.8, 4) is 6.07 Å². The fourth-order valence-electron chi connectivity index (χ4n) is 2.30. The molecule has 23 heavy (non-hydrogen) atoms. The summed E-state index contributed by atoms with van der Waals surface area (Å²) in [5, 5.41) is 11.6. The topological polar surface area (TPSA) is 62.1 Å². The van der Waals surface area contributed by atoms with E-state index in [1.807, 2.05) is 60.7 Å². The van der Waals surface area contributed by atoms with Gasteiger partial charge in [0.05, 0.1) is 12.1 Å². The van der Waals surface area contributed by atoms with E-state index in [1.165, 1.54) is 0 Å². The first-order chi connectivity index (χ1) is 11.3. The number of amides is 1. The number of nitriles is 1. The van der Waals surface area contributed by atoms with Crippen LogP contribution in [0.4, 0.5) is 4.79 Å². The molecule has 0 spiro atoms. The van der Waals surface area contributed by atoms with Crippen molar-refractivity contribution in [2.75, 3.05) is 0 Å². The highest BCUT2D eigenvalue weighted by molar-refractivity contribution is 5.67. The zero-order chi connectivity index (χ0) is 16.3. The third kappa shape index (κ3) is 5.84. The normalized spacial score (nSPS) is 11.3. The average Bonchev–Trinajstić information content (AvgIpc) is 2.61. The molecule has 118 valence electrons. The maximum absolute atomic E-state index is 12.0. The molecule has 4 nitrogen and oxygen atoms in total. The number of nitrogens with one attached hydrogen (secondary N) is 1. The van der Waals surface area contributed by atoms with Gasteiger partial charge in [0.25, 0.3) is 0 Å². The van der Waals surface area contributed by atoms with E-state index in [4.69, 9.17) is 10.00 Å². The van der Waals surface area contributed by atoms with E-state index in [9.17, 15) is 4.79 Å². The summed E-state index contributed by atoms with van der Waals surface area (Å²) >= 11 is 0. The minimum atomic E-state index is -0.445. The Kier molecular flexibility index (Phi) is 6.67. The van der Waals surface area contributed by atoms with Crippen molar-refractivity contribution in [3.05, 3.63) is 71.8 Å². The summed E-state index contributed by atoms with van der Waals surface area (Å²) in [5.41, 5.74) is 1.96. The zero-order valence-corrected chi connectivity index (χ0v) is 12.9. The Morgan fingerprint density at radius 3 is 2.39 bits per heavy atom. The van der Waals surface area contributed by atoms with Gasteiger partial charge in [-0.05, 0) is 24.0 Å². The molecule has 0 saturated carbocycles. The Morgan fingerprint density at radius 2 is 1.74 bits per heavy atom. The Bertz CT molecular complexity index is 635. The molecule has 1 N–H and O–H groups in total. The van der Waals surface area contributed by atoms with Crippen molar-refractivity contribution in [3.63, 3.8) is 0 Å². The van der Waals surface area contributed by atoms with Gasteiger partial charge in [0.2, 0.25) is 0 Å². The lowest BCUT2D eigenvalue weighted by Crippen LogP contribution is -2.29. The zero-order valence-electron chi connectivity index (χ0n) is 12.9. The Balaban J connectivity index is 1.91. The lowest BCUT2D eigenvalue weighted by atomic mass is 10.0. The molecule has 0 bridgehead atoms. The van der Waals surface area contributed by atoms with Crippen molar-refractivity contribution in [2.45, 2.75) is 31.9 Å². The number of nitrogens with zero attached hydrogens (tertiary/aromatic N) is 1. The largest absolute Gasteiger partial charge is 0.445 e. The van der Waals surface area contributed by atoms with Crippen LogP contribution in [0, 0.1) is 11.3 Å². The van der Waals surface area contributed by atoms with E-state index in [2.05, 4.69) is 11.4 Å². The first kappa shape index (κ1) is 16.6. The standard InChI is InChI=1S/C19H20N2O2/c20-14-8-7-13-18(17-11-5-2-6-12-17)21-19(22)23-15-16-9-3-1-4-10-16/h1-6,9-12,18H,7-8,13,15H2,(H,21,22). The van der Waals surface area contributed by atoms with Crippen LogP contribution in [0.2, 0.25) is 0 Å². The second-order valence-electron chi connectivity index (χ2n) is 5.22. The summed E-state index contributed by atoms with van der Waals surface area (Å²) in [6.07, 6.45) is 1.47. The summed E-state index contributed by atoms with van der Waals surface area (Å²) in [6.45, 7) is 0.242. The van der Waals surface area contributed by atoms with Crippen LogP contribution in [0.15, 0.2) is 60.7 Å². The monoisotopic (exact) mass is 308 g/mol. The number of ether oxygens (including phenoxy) is 1. The van der Waals surface area contributed by atoms with Gasteiger partial charge in [-0.1, -0.05) is 60.7 Å². The minimum Gasteiger partial charge on any atom is -0.445 e. The summed E-state index contributed by atoms with van der Waals surface area (Å²) in [6, 6.07) is 21.3. The van der Waals surface area contributed by atoms with Crippen LogP contribution < -0.4 is 5.32 Å². The molecule has 0 heterocycles. The van der Waals surface area contributed by atoms with E-state index >= 15 is 0 Å². The van der Waals surface area contributed by atoms with Crippen LogP contribution in [0.1, 0.15) is 36.4 Å². The molecule has 2 aromatic carbocycles.